The van der Waals surface area contributed by atoms with E-state index in [1.165, 1.54) is 58.3 Å². The van der Waals surface area contributed by atoms with E-state index in [9.17, 15) is 0 Å². The lowest BCUT2D eigenvalue weighted by Crippen LogP contribution is -2.51. The van der Waals surface area contributed by atoms with Gasteiger partial charge in [0.2, 0.25) is 0 Å². The molecule has 2 heteroatoms. The first-order valence-corrected chi connectivity index (χ1v) is 6.70. The third-order valence-electron chi connectivity index (χ3n) is 4.43. The van der Waals surface area contributed by atoms with Crippen LogP contribution in [0.3, 0.4) is 0 Å². The summed E-state index contributed by atoms with van der Waals surface area (Å²) in [7, 11) is 0. The SMILES string of the molecule is CCC1(CN2CCNC(C)C2)CCCC1. The minimum absolute atomic E-state index is 0.678. The van der Waals surface area contributed by atoms with E-state index >= 15 is 0 Å². The van der Waals surface area contributed by atoms with Crippen LogP contribution in [-0.4, -0.2) is 37.1 Å². The van der Waals surface area contributed by atoms with Gasteiger partial charge < -0.3 is 5.32 Å². The Morgan fingerprint density at radius 1 is 1.33 bits per heavy atom. The van der Waals surface area contributed by atoms with Crippen LogP contribution in [0.1, 0.15) is 46.0 Å². The second kappa shape index (κ2) is 4.84. The smallest absolute Gasteiger partial charge is 0.0167 e. The summed E-state index contributed by atoms with van der Waals surface area (Å²) in [6.07, 6.45) is 7.26. The Labute approximate surface area is 94.4 Å². The first-order chi connectivity index (χ1) is 7.24. The van der Waals surface area contributed by atoms with Crippen molar-refractivity contribution < 1.29 is 0 Å². The molecule has 0 bridgehead atoms. The summed E-state index contributed by atoms with van der Waals surface area (Å²) in [5.41, 5.74) is 0.678. The van der Waals surface area contributed by atoms with Crippen molar-refractivity contribution in [3.8, 4) is 0 Å². The molecule has 1 atom stereocenters. The van der Waals surface area contributed by atoms with Crippen LogP contribution in [-0.2, 0) is 0 Å². The van der Waals surface area contributed by atoms with Crippen molar-refractivity contribution in [1.29, 1.82) is 0 Å². The van der Waals surface area contributed by atoms with Gasteiger partial charge in [-0.3, -0.25) is 4.90 Å². The van der Waals surface area contributed by atoms with Crippen LogP contribution in [0.15, 0.2) is 0 Å². The van der Waals surface area contributed by atoms with Gasteiger partial charge in [-0.15, -0.1) is 0 Å². The molecule has 1 heterocycles. The van der Waals surface area contributed by atoms with E-state index in [2.05, 4.69) is 24.1 Å². The van der Waals surface area contributed by atoms with Gasteiger partial charge in [-0.1, -0.05) is 19.8 Å². The van der Waals surface area contributed by atoms with E-state index in [-0.39, 0.29) is 0 Å². The van der Waals surface area contributed by atoms with Crippen LogP contribution in [0.2, 0.25) is 0 Å². The standard InChI is InChI=1S/C13H26N2/c1-3-13(6-4-5-7-13)11-15-9-8-14-12(2)10-15/h12,14H,3-11H2,1-2H3. The summed E-state index contributed by atoms with van der Waals surface area (Å²) in [4.78, 5) is 2.69. The lowest BCUT2D eigenvalue weighted by atomic mass is 9.82. The highest BCUT2D eigenvalue weighted by Crippen LogP contribution is 2.41. The van der Waals surface area contributed by atoms with E-state index in [1.807, 2.05) is 0 Å². The average molecular weight is 210 g/mol. The Morgan fingerprint density at radius 3 is 2.67 bits per heavy atom. The van der Waals surface area contributed by atoms with Crippen molar-refractivity contribution in [3.05, 3.63) is 0 Å². The molecule has 1 saturated carbocycles. The summed E-state index contributed by atoms with van der Waals surface area (Å²) in [5.74, 6) is 0. The molecular weight excluding hydrogens is 184 g/mol. The molecule has 1 unspecified atom stereocenters. The second-order valence-electron chi connectivity index (χ2n) is 5.65. The Hall–Kier alpha value is -0.0800. The molecule has 0 amide bonds. The second-order valence-corrected chi connectivity index (χ2v) is 5.65. The van der Waals surface area contributed by atoms with Crippen molar-refractivity contribution in [2.75, 3.05) is 26.2 Å². The number of hydrogen-bond donors (Lipinski definition) is 1. The zero-order valence-corrected chi connectivity index (χ0v) is 10.4. The maximum Gasteiger partial charge on any atom is 0.0167 e. The summed E-state index contributed by atoms with van der Waals surface area (Å²) < 4.78 is 0. The maximum absolute atomic E-state index is 3.53. The molecular formula is C13H26N2. The highest BCUT2D eigenvalue weighted by Gasteiger charge is 2.34. The largest absolute Gasteiger partial charge is 0.312 e. The molecule has 1 N–H and O–H groups in total. The van der Waals surface area contributed by atoms with E-state index < -0.39 is 0 Å². The van der Waals surface area contributed by atoms with Crippen molar-refractivity contribution in [3.63, 3.8) is 0 Å². The van der Waals surface area contributed by atoms with Gasteiger partial charge in [0, 0.05) is 32.2 Å². The summed E-state index contributed by atoms with van der Waals surface area (Å²) in [5, 5.41) is 3.53. The molecule has 0 spiro atoms. The number of rotatable bonds is 3. The normalized spacial score (nSPS) is 32.0. The van der Waals surface area contributed by atoms with Gasteiger partial charge in [0.25, 0.3) is 0 Å². The Bertz CT molecular complexity index is 197. The predicted octanol–water partition coefficient (Wildman–Crippen LogP) is 2.25. The summed E-state index contributed by atoms with van der Waals surface area (Å²) >= 11 is 0. The zero-order valence-electron chi connectivity index (χ0n) is 10.4. The van der Waals surface area contributed by atoms with Gasteiger partial charge in [-0.2, -0.15) is 0 Å². The highest BCUT2D eigenvalue weighted by molar-refractivity contribution is 4.88. The molecule has 2 rings (SSSR count). The molecule has 15 heavy (non-hydrogen) atoms. The number of hydrogen-bond acceptors (Lipinski definition) is 2. The summed E-state index contributed by atoms with van der Waals surface area (Å²) in [6.45, 7) is 9.74. The topological polar surface area (TPSA) is 15.3 Å². The molecule has 0 aromatic rings. The molecule has 2 aliphatic rings. The average Bonchev–Trinajstić information content (AvgIpc) is 2.67. The summed E-state index contributed by atoms with van der Waals surface area (Å²) in [6, 6.07) is 0.689. The molecule has 1 aliphatic carbocycles. The Morgan fingerprint density at radius 2 is 2.07 bits per heavy atom. The van der Waals surface area contributed by atoms with E-state index in [1.54, 1.807) is 0 Å². The van der Waals surface area contributed by atoms with Crippen LogP contribution in [0.25, 0.3) is 0 Å². The van der Waals surface area contributed by atoms with Crippen molar-refractivity contribution >= 4 is 0 Å². The first kappa shape index (κ1) is 11.4. The van der Waals surface area contributed by atoms with Gasteiger partial charge in [0.15, 0.2) is 0 Å². The molecule has 1 saturated heterocycles. The van der Waals surface area contributed by atoms with Crippen LogP contribution < -0.4 is 5.32 Å². The molecule has 0 radical (unpaired) electrons. The van der Waals surface area contributed by atoms with Crippen LogP contribution >= 0.6 is 0 Å². The van der Waals surface area contributed by atoms with E-state index in [0.717, 1.165) is 0 Å². The number of nitrogens with zero attached hydrogens (tertiary/aromatic N) is 1. The molecule has 0 aromatic heterocycles. The van der Waals surface area contributed by atoms with Crippen LogP contribution in [0.5, 0.6) is 0 Å². The monoisotopic (exact) mass is 210 g/mol. The van der Waals surface area contributed by atoms with Gasteiger partial charge in [-0.05, 0) is 31.6 Å². The first-order valence-electron chi connectivity index (χ1n) is 6.70. The van der Waals surface area contributed by atoms with Crippen LogP contribution in [0.4, 0.5) is 0 Å². The molecule has 1 aliphatic heterocycles. The van der Waals surface area contributed by atoms with Crippen molar-refractivity contribution in [2.45, 2.75) is 52.0 Å². The van der Waals surface area contributed by atoms with Crippen LogP contribution in [0, 0.1) is 5.41 Å². The minimum Gasteiger partial charge on any atom is -0.312 e. The fourth-order valence-corrected chi connectivity index (χ4v) is 3.38. The highest BCUT2D eigenvalue weighted by atomic mass is 15.2. The lowest BCUT2D eigenvalue weighted by Gasteiger charge is -2.39. The fraction of sp³-hybridized carbons (Fsp3) is 1.00. The molecule has 88 valence electrons. The molecule has 2 fully saturated rings. The zero-order chi connectivity index (χ0) is 10.7. The van der Waals surface area contributed by atoms with E-state index in [4.69, 9.17) is 0 Å². The molecule has 0 aromatic carbocycles. The van der Waals surface area contributed by atoms with Gasteiger partial charge >= 0.3 is 0 Å². The van der Waals surface area contributed by atoms with Crippen molar-refractivity contribution in [2.24, 2.45) is 5.41 Å². The van der Waals surface area contributed by atoms with Gasteiger partial charge in [0.1, 0.15) is 0 Å². The van der Waals surface area contributed by atoms with Gasteiger partial charge in [0.05, 0.1) is 0 Å². The third-order valence-corrected chi connectivity index (χ3v) is 4.43. The quantitative estimate of drug-likeness (QED) is 0.768. The van der Waals surface area contributed by atoms with Gasteiger partial charge in [-0.25, -0.2) is 0 Å². The molecule has 2 nitrogen and oxygen atoms in total. The van der Waals surface area contributed by atoms with E-state index in [0.29, 0.717) is 11.5 Å². The lowest BCUT2D eigenvalue weighted by molar-refractivity contribution is 0.119. The fourth-order valence-electron chi connectivity index (χ4n) is 3.38. The number of piperazine rings is 1. The Balaban J connectivity index is 1.88. The van der Waals surface area contributed by atoms with Crippen molar-refractivity contribution in [1.82, 2.24) is 10.2 Å². The maximum atomic E-state index is 3.53. The predicted molar refractivity (Wildman–Crippen MR) is 65.1 cm³/mol. The Kier molecular flexibility index (Phi) is 3.68. The number of nitrogens with one attached hydrogen (secondary N) is 1. The minimum atomic E-state index is 0.678. The third kappa shape index (κ3) is 2.73.